The smallest absolute Gasteiger partial charge is 0.326 e. The number of ether oxygens (including phenoxy) is 1. The molecule has 1 N–H and O–H groups in total. The lowest BCUT2D eigenvalue weighted by molar-refractivity contribution is -0.147. The molecule has 0 unspecified atom stereocenters. The lowest BCUT2D eigenvalue weighted by atomic mass is 10.1. The van der Waals surface area contributed by atoms with Gasteiger partial charge in [-0.1, -0.05) is 29.3 Å². The number of hydrogen-bond donors (Lipinski definition) is 1. The Morgan fingerprint density at radius 3 is 2.21 bits per heavy atom. The van der Waals surface area contributed by atoms with Crippen LogP contribution in [0, 0.1) is 12.7 Å². The zero-order chi connectivity index (χ0) is 21.3. The Balaban J connectivity index is 1.58. The van der Waals surface area contributed by atoms with Gasteiger partial charge in [0, 0.05) is 0 Å². The minimum Gasteiger partial charge on any atom is -0.454 e. The van der Waals surface area contributed by atoms with Crippen molar-refractivity contribution in [3.05, 3.63) is 62.9 Å². The molecule has 3 rings (SSSR count). The number of aryl methyl sites for hydroxylation is 1. The molecule has 2 aromatic rings. The van der Waals surface area contributed by atoms with Crippen molar-refractivity contribution in [2.75, 3.05) is 18.5 Å². The topological polar surface area (TPSA) is 92.8 Å². The normalized spacial score (nSPS) is 12.8. The van der Waals surface area contributed by atoms with Gasteiger partial charge in [0.2, 0.25) is 0 Å². The maximum Gasteiger partial charge on any atom is 0.326 e. The number of rotatable bonds is 5. The molecule has 10 heteroatoms. The standard InChI is InChI=1S/C19H13Cl2FN2O5/c1-9-2-3-15(14(22)4-9)23-16(25)8-29-17(26)7-24-18(27)10-5-12(20)13(21)6-11(10)19(24)28/h2-6H,7-8H2,1H3,(H,23,25). The summed E-state index contributed by atoms with van der Waals surface area (Å²) in [5, 5.41) is 2.45. The number of esters is 1. The fourth-order valence-corrected chi connectivity index (χ4v) is 2.98. The van der Waals surface area contributed by atoms with Gasteiger partial charge in [-0.3, -0.25) is 24.1 Å². The highest BCUT2D eigenvalue weighted by Gasteiger charge is 2.37. The van der Waals surface area contributed by atoms with Crippen LogP contribution in [-0.4, -0.2) is 41.7 Å². The van der Waals surface area contributed by atoms with Crippen LogP contribution in [0.2, 0.25) is 10.0 Å². The maximum absolute atomic E-state index is 13.7. The van der Waals surface area contributed by atoms with Crippen LogP contribution in [-0.2, 0) is 14.3 Å². The number of hydrogen-bond acceptors (Lipinski definition) is 5. The van der Waals surface area contributed by atoms with Crippen LogP contribution in [0.1, 0.15) is 26.3 Å². The first-order chi connectivity index (χ1) is 13.7. The Labute approximate surface area is 174 Å². The van der Waals surface area contributed by atoms with Gasteiger partial charge in [0.05, 0.1) is 26.9 Å². The molecule has 0 bridgehead atoms. The van der Waals surface area contributed by atoms with Crippen molar-refractivity contribution in [1.29, 1.82) is 0 Å². The van der Waals surface area contributed by atoms with Crippen LogP contribution in [0.4, 0.5) is 10.1 Å². The first-order valence-corrected chi connectivity index (χ1v) is 9.00. The van der Waals surface area contributed by atoms with Crippen molar-refractivity contribution < 1.29 is 28.3 Å². The fraction of sp³-hybridized carbons (Fsp3) is 0.158. The lowest BCUT2D eigenvalue weighted by Gasteiger charge is -2.13. The van der Waals surface area contributed by atoms with Gasteiger partial charge in [-0.2, -0.15) is 0 Å². The van der Waals surface area contributed by atoms with Gasteiger partial charge in [0.25, 0.3) is 17.7 Å². The van der Waals surface area contributed by atoms with Crippen LogP contribution in [0.3, 0.4) is 0 Å². The Kier molecular flexibility index (Phi) is 5.86. The summed E-state index contributed by atoms with van der Waals surface area (Å²) >= 11 is 11.7. The third-order valence-corrected chi connectivity index (χ3v) is 4.78. The predicted molar refractivity (Wildman–Crippen MR) is 103 cm³/mol. The average Bonchev–Trinajstić information content (AvgIpc) is 2.87. The summed E-state index contributed by atoms with van der Waals surface area (Å²) in [5.74, 6) is -3.86. The highest BCUT2D eigenvalue weighted by molar-refractivity contribution is 6.43. The third-order valence-electron chi connectivity index (χ3n) is 4.06. The van der Waals surface area contributed by atoms with Gasteiger partial charge in [-0.25, -0.2) is 4.39 Å². The molecule has 1 aliphatic heterocycles. The number of anilines is 1. The van der Waals surface area contributed by atoms with E-state index in [1.54, 1.807) is 13.0 Å². The van der Waals surface area contributed by atoms with Gasteiger partial charge in [-0.05, 0) is 36.8 Å². The van der Waals surface area contributed by atoms with Crippen molar-refractivity contribution >= 4 is 52.6 Å². The van der Waals surface area contributed by atoms with E-state index >= 15 is 0 Å². The summed E-state index contributed by atoms with van der Waals surface area (Å²) < 4.78 is 18.5. The second kappa shape index (κ2) is 8.18. The minimum absolute atomic E-state index is 0.0183. The number of halogens is 3. The number of nitrogens with one attached hydrogen (secondary N) is 1. The number of carbonyl (C=O) groups is 4. The molecule has 0 aromatic heterocycles. The Bertz CT molecular complexity index is 1020. The van der Waals surface area contributed by atoms with Crippen LogP contribution < -0.4 is 5.32 Å². The highest BCUT2D eigenvalue weighted by Crippen LogP contribution is 2.31. The number of nitrogens with zero attached hydrogens (tertiary/aromatic N) is 1. The van der Waals surface area contributed by atoms with E-state index in [0.29, 0.717) is 10.5 Å². The molecule has 29 heavy (non-hydrogen) atoms. The number of amides is 3. The molecular weight excluding hydrogens is 426 g/mol. The van der Waals surface area contributed by atoms with Gasteiger partial charge >= 0.3 is 5.97 Å². The molecule has 0 aliphatic carbocycles. The molecule has 0 fully saturated rings. The van der Waals surface area contributed by atoms with E-state index in [1.807, 2.05) is 0 Å². The first-order valence-electron chi connectivity index (χ1n) is 8.24. The van der Waals surface area contributed by atoms with E-state index < -0.39 is 42.7 Å². The molecule has 0 saturated heterocycles. The molecule has 3 amide bonds. The monoisotopic (exact) mass is 438 g/mol. The first kappa shape index (κ1) is 20.8. The van der Waals surface area contributed by atoms with E-state index in [0.717, 1.165) is 0 Å². The van der Waals surface area contributed by atoms with Crippen molar-refractivity contribution in [3.63, 3.8) is 0 Å². The Morgan fingerprint density at radius 1 is 1.07 bits per heavy atom. The van der Waals surface area contributed by atoms with Crippen molar-refractivity contribution in [2.45, 2.75) is 6.92 Å². The average molecular weight is 439 g/mol. The molecule has 0 radical (unpaired) electrons. The molecule has 1 heterocycles. The summed E-state index contributed by atoms with van der Waals surface area (Å²) in [4.78, 5) is 49.1. The summed E-state index contributed by atoms with van der Waals surface area (Å²) in [6, 6.07) is 6.70. The van der Waals surface area contributed by atoms with Crippen molar-refractivity contribution in [3.8, 4) is 0 Å². The molecule has 0 saturated carbocycles. The van der Waals surface area contributed by atoms with Crippen LogP contribution in [0.25, 0.3) is 0 Å². The SMILES string of the molecule is Cc1ccc(NC(=O)COC(=O)CN2C(=O)c3cc(Cl)c(Cl)cc3C2=O)c(F)c1. The van der Waals surface area contributed by atoms with Gasteiger partial charge < -0.3 is 10.1 Å². The predicted octanol–water partition coefficient (Wildman–Crippen LogP) is 3.22. The maximum atomic E-state index is 13.7. The number of imide groups is 1. The van der Waals surface area contributed by atoms with Gasteiger partial charge in [-0.15, -0.1) is 0 Å². The summed E-state index contributed by atoms with van der Waals surface area (Å²) in [6.07, 6.45) is 0. The van der Waals surface area contributed by atoms with Gasteiger partial charge in [0.15, 0.2) is 6.61 Å². The van der Waals surface area contributed by atoms with Crippen molar-refractivity contribution in [1.82, 2.24) is 4.90 Å². The number of benzene rings is 2. The molecule has 150 valence electrons. The fourth-order valence-electron chi connectivity index (χ4n) is 2.66. The lowest BCUT2D eigenvalue weighted by Crippen LogP contribution is -2.36. The third kappa shape index (κ3) is 4.38. The van der Waals surface area contributed by atoms with E-state index in [1.165, 1.54) is 24.3 Å². The van der Waals surface area contributed by atoms with E-state index in [2.05, 4.69) is 5.32 Å². The molecule has 7 nitrogen and oxygen atoms in total. The highest BCUT2D eigenvalue weighted by atomic mass is 35.5. The summed E-state index contributed by atoms with van der Waals surface area (Å²) in [6.45, 7) is 0.276. The van der Waals surface area contributed by atoms with E-state index in [-0.39, 0.29) is 26.9 Å². The second-order valence-electron chi connectivity index (χ2n) is 6.20. The quantitative estimate of drug-likeness (QED) is 0.571. The van der Waals surface area contributed by atoms with Crippen LogP contribution in [0.15, 0.2) is 30.3 Å². The molecule has 0 atom stereocenters. The molecule has 0 spiro atoms. The van der Waals surface area contributed by atoms with Crippen molar-refractivity contribution in [2.24, 2.45) is 0 Å². The Hall–Kier alpha value is -2.97. The molecule has 1 aliphatic rings. The largest absolute Gasteiger partial charge is 0.454 e. The Morgan fingerprint density at radius 2 is 1.66 bits per heavy atom. The second-order valence-corrected chi connectivity index (χ2v) is 7.01. The van der Waals surface area contributed by atoms with Crippen LogP contribution in [0.5, 0.6) is 0 Å². The number of fused-ring (bicyclic) bond motifs is 1. The summed E-state index contributed by atoms with van der Waals surface area (Å²) in [7, 11) is 0. The van der Waals surface area contributed by atoms with E-state index in [9.17, 15) is 23.6 Å². The summed E-state index contributed by atoms with van der Waals surface area (Å²) in [5.41, 5.74) is 0.649. The molecular formula is C19H13Cl2FN2O5. The van der Waals surface area contributed by atoms with Gasteiger partial charge in [0.1, 0.15) is 12.4 Å². The zero-order valence-electron chi connectivity index (χ0n) is 14.9. The minimum atomic E-state index is -0.990. The van der Waals surface area contributed by atoms with Crippen LogP contribution >= 0.6 is 23.2 Å². The zero-order valence-corrected chi connectivity index (χ0v) is 16.4. The van der Waals surface area contributed by atoms with E-state index in [4.69, 9.17) is 27.9 Å². The number of carbonyl (C=O) groups excluding carboxylic acids is 4. The molecule has 2 aromatic carbocycles.